The Hall–Kier alpha value is 0.220. The van der Waals surface area contributed by atoms with Crippen molar-refractivity contribution in [2.45, 2.75) is 64.2 Å². The van der Waals surface area contributed by atoms with Gasteiger partial charge in [0.15, 0.2) is 0 Å². The number of hydrogen-bond donors (Lipinski definition) is 6. The maximum atomic E-state index is 11.4. The van der Waals surface area contributed by atoms with Crippen LogP contribution in [0, 0.1) is 0 Å². The first-order chi connectivity index (χ1) is 8.84. The van der Waals surface area contributed by atoms with E-state index in [1.807, 2.05) is 0 Å². The molecular formula is C10H26N2O6P2. The van der Waals surface area contributed by atoms with Gasteiger partial charge in [0, 0.05) is 12.1 Å². The topological polar surface area (TPSA) is 139 Å². The molecule has 0 aliphatic heterocycles. The SMILES string of the molecule is CC(C)NC(CCC(NC(C)C)P(=O)(O)O)P(=O)(O)O. The average molecular weight is 332 g/mol. The van der Waals surface area contributed by atoms with Crippen LogP contribution in [0.3, 0.4) is 0 Å². The third-order valence-corrected chi connectivity index (χ3v) is 5.02. The zero-order valence-corrected chi connectivity index (χ0v) is 14.0. The predicted molar refractivity (Wildman–Crippen MR) is 77.4 cm³/mol. The molecule has 8 nitrogen and oxygen atoms in total. The van der Waals surface area contributed by atoms with E-state index in [4.69, 9.17) is 0 Å². The Morgan fingerprint density at radius 2 is 1.00 bits per heavy atom. The summed E-state index contributed by atoms with van der Waals surface area (Å²) < 4.78 is 22.7. The quantitative estimate of drug-likeness (QED) is 0.340. The van der Waals surface area contributed by atoms with Crippen molar-refractivity contribution in [1.82, 2.24) is 10.6 Å². The van der Waals surface area contributed by atoms with Crippen LogP contribution in [-0.4, -0.2) is 43.2 Å². The van der Waals surface area contributed by atoms with Crippen LogP contribution >= 0.6 is 15.2 Å². The maximum Gasteiger partial charge on any atom is 0.342 e. The van der Waals surface area contributed by atoms with Crippen LogP contribution in [0.15, 0.2) is 0 Å². The minimum absolute atomic E-state index is 0.0298. The molecule has 0 saturated carbocycles. The van der Waals surface area contributed by atoms with Gasteiger partial charge in [0.25, 0.3) is 0 Å². The van der Waals surface area contributed by atoms with E-state index in [0.717, 1.165) is 0 Å². The van der Waals surface area contributed by atoms with Gasteiger partial charge >= 0.3 is 15.2 Å². The Bertz CT molecular complexity index is 342. The van der Waals surface area contributed by atoms with Gasteiger partial charge in [0.1, 0.15) is 11.6 Å². The Balaban J connectivity index is 4.79. The summed E-state index contributed by atoms with van der Waals surface area (Å²) in [5.41, 5.74) is 0. The lowest BCUT2D eigenvalue weighted by Crippen LogP contribution is -2.38. The second-order valence-electron chi connectivity index (χ2n) is 5.43. The van der Waals surface area contributed by atoms with Crippen LogP contribution in [-0.2, 0) is 9.13 Å². The summed E-state index contributed by atoms with van der Waals surface area (Å²) in [5, 5.41) is 5.47. The molecule has 0 aliphatic carbocycles. The normalized spacial score (nSPS) is 16.7. The van der Waals surface area contributed by atoms with Gasteiger partial charge in [-0.3, -0.25) is 9.13 Å². The standard InChI is InChI=1S/C10H26N2O6P2/c1-7(2)11-9(19(13,14)15)5-6-10(12-8(3)4)20(16,17)18/h7-12H,5-6H2,1-4H3,(H2,13,14,15)(H2,16,17,18). The molecule has 0 aromatic carbocycles. The van der Waals surface area contributed by atoms with Crippen LogP contribution in [0.25, 0.3) is 0 Å². The van der Waals surface area contributed by atoms with E-state index in [1.54, 1.807) is 27.7 Å². The molecule has 2 atom stereocenters. The fourth-order valence-corrected chi connectivity index (χ4v) is 3.74. The Morgan fingerprint density at radius 3 is 1.15 bits per heavy atom. The monoisotopic (exact) mass is 332 g/mol. The molecule has 0 heterocycles. The third-order valence-electron chi connectivity index (χ3n) is 2.58. The Kier molecular flexibility index (Phi) is 8.10. The molecule has 122 valence electrons. The maximum absolute atomic E-state index is 11.4. The van der Waals surface area contributed by atoms with Crippen LogP contribution in [0.4, 0.5) is 0 Å². The first-order valence-corrected chi connectivity index (χ1v) is 9.83. The first-order valence-electron chi connectivity index (χ1n) is 6.46. The van der Waals surface area contributed by atoms with E-state index in [1.165, 1.54) is 0 Å². The lowest BCUT2D eigenvalue weighted by molar-refractivity contribution is 0.314. The molecule has 0 rings (SSSR count). The van der Waals surface area contributed by atoms with Crippen molar-refractivity contribution in [3.05, 3.63) is 0 Å². The fraction of sp³-hybridized carbons (Fsp3) is 1.00. The lowest BCUT2D eigenvalue weighted by atomic mass is 10.2. The molecule has 0 aromatic rings. The molecule has 0 saturated heterocycles. The second kappa shape index (κ2) is 8.01. The smallest absolute Gasteiger partial charge is 0.323 e. The summed E-state index contributed by atoms with van der Waals surface area (Å²) >= 11 is 0. The molecule has 0 spiro atoms. The van der Waals surface area contributed by atoms with E-state index in [9.17, 15) is 28.7 Å². The Morgan fingerprint density at radius 1 is 0.750 bits per heavy atom. The van der Waals surface area contributed by atoms with Crippen LogP contribution in [0.1, 0.15) is 40.5 Å². The molecule has 0 aliphatic rings. The van der Waals surface area contributed by atoms with Crippen molar-refractivity contribution in [1.29, 1.82) is 0 Å². The summed E-state index contributed by atoms with van der Waals surface area (Å²) in [6, 6.07) is -0.279. The zero-order valence-electron chi connectivity index (χ0n) is 12.2. The molecule has 0 amide bonds. The predicted octanol–water partition coefficient (Wildman–Crippen LogP) is 0.770. The largest absolute Gasteiger partial charge is 0.342 e. The highest BCUT2D eigenvalue weighted by Gasteiger charge is 2.34. The van der Waals surface area contributed by atoms with Crippen molar-refractivity contribution in [3.63, 3.8) is 0 Å². The van der Waals surface area contributed by atoms with Gasteiger partial charge in [-0.25, -0.2) is 0 Å². The lowest BCUT2D eigenvalue weighted by Gasteiger charge is -2.26. The van der Waals surface area contributed by atoms with Gasteiger partial charge in [-0.05, 0) is 12.8 Å². The minimum atomic E-state index is -4.36. The third kappa shape index (κ3) is 8.49. The summed E-state index contributed by atoms with van der Waals surface area (Å²) in [4.78, 5) is 37.0. The minimum Gasteiger partial charge on any atom is -0.323 e. The van der Waals surface area contributed by atoms with Gasteiger partial charge < -0.3 is 30.2 Å². The number of nitrogens with one attached hydrogen (secondary N) is 2. The molecule has 0 fully saturated rings. The van der Waals surface area contributed by atoms with Crippen LogP contribution in [0.2, 0.25) is 0 Å². The highest BCUT2D eigenvalue weighted by molar-refractivity contribution is 7.53. The number of hydrogen-bond acceptors (Lipinski definition) is 4. The molecule has 10 heteroatoms. The highest BCUT2D eigenvalue weighted by Crippen LogP contribution is 2.46. The fourth-order valence-electron chi connectivity index (χ4n) is 1.78. The van der Waals surface area contributed by atoms with Crippen LogP contribution < -0.4 is 10.6 Å². The highest BCUT2D eigenvalue weighted by atomic mass is 31.2. The molecule has 6 N–H and O–H groups in total. The molecule has 20 heavy (non-hydrogen) atoms. The van der Waals surface area contributed by atoms with Crippen molar-refractivity contribution in [2.24, 2.45) is 0 Å². The van der Waals surface area contributed by atoms with Crippen molar-refractivity contribution >= 4 is 15.2 Å². The van der Waals surface area contributed by atoms with Gasteiger partial charge in [-0.2, -0.15) is 0 Å². The summed E-state index contributed by atoms with van der Waals surface area (Å²) in [5.74, 6) is -2.21. The van der Waals surface area contributed by atoms with Crippen molar-refractivity contribution < 1.29 is 28.7 Å². The molecular weight excluding hydrogens is 306 g/mol. The van der Waals surface area contributed by atoms with Crippen molar-refractivity contribution in [3.8, 4) is 0 Å². The van der Waals surface area contributed by atoms with Crippen molar-refractivity contribution in [2.75, 3.05) is 0 Å². The van der Waals surface area contributed by atoms with Gasteiger partial charge in [-0.1, -0.05) is 27.7 Å². The summed E-state index contributed by atoms with van der Waals surface area (Å²) in [6.07, 6.45) is -0.0596. The summed E-state index contributed by atoms with van der Waals surface area (Å²) in [7, 11) is -8.73. The summed E-state index contributed by atoms with van der Waals surface area (Å²) in [6.45, 7) is 6.98. The molecule has 0 radical (unpaired) electrons. The first kappa shape index (κ1) is 20.2. The van der Waals surface area contributed by atoms with E-state index in [2.05, 4.69) is 10.6 Å². The Labute approximate surface area is 119 Å². The van der Waals surface area contributed by atoms with Gasteiger partial charge in [0.05, 0.1) is 0 Å². The van der Waals surface area contributed by atoms with E-state index in [0.29, 0.717) is 0 Å². The number of rotatable bonds is 9. The van der Waals surface area contributed by atoms with Gasteiger partial charge in [-0.15, -0.1) is 0 Å². The molecule has 0 aromatic heterocycles. The second-order valence-corrected chi connectivity index (χ2v) is 9.03. The van der Waals surface area contributed by atoms with E-state index < -0.39 is 26.8 Å². The van der Waals surface area contributed by atoms with Crippen LogP contribution in [0.5, 0.6) is 0 Å². The average Bonchev–Trinajstić information content (AvgIpc) is 2.17. The van der Waals surface area contributed by atoms with Gasteiger partial charge in [0.2, 0.25) is 0 Å². The van der Waals surface area contributed by atoms with E-state index >= 15 is 0 Å². The zero-order chi connectivity index (χ0) is 16.1. The molecule has 2 unspecified atom stereocenters. The van der Waals surface area contributed by atoms with E-state index in [-0.39, 0.29) is 24.9 Å². The molecule has 0 bridgehead atoms.